The molecule has 0 aliphatic rings. The molecule has 0 fully saturated rings. The first-order valence-electron chi connectivity index (χ1n) is 7.49. The Morgan fingerprint density at radius 2 is 1.61 bits per heavy atom. The molecule has 4 nitrogen and oxygen atoms in total. The molecule has 0 spiro atoms. The molecule has 0 saturated heterocycles. The molecular weight excluding hydrogens is 358 g/mol. The Morgan fingerprint density at radius 1 is 1.04 bits per heavy atom. The fraction of sp³-hybridized carbons (Fsp3) is 0.278. The van der Waals surface area contributed by atoms with Gasteiger partial charge in [-0.1, -0.05) is 28.1 Å². The first kappa shape index (κ1) is 17.3. The predicted molar refractivity (Wildman–Crippen MR) is 93.8 cm³/mol. The van der Waals surface area contributed by atoms with E-state index in [1.807, 2.05) is 62.4 Å². The van der Waals surface area contributed by atoms with Crippen LogP contribution in [0.25, 0.3) is 0 Å². The standard InChI is InChI=1S/C18H20BrNO3/c1-3-22-16-8-4-14(5-9-16)13(2)20-18(21)12-23-17-10-6-15(19)7-11-17/h4-11,13H,3,12H2,1-2H3,(H,20,21)/t13-/m0/s1. The van der Waals surface area contributed by atoms with Crippen LogP contribution in [0.15, 0.2) is 53.0 Å². The van der Waals surface area contributed by atoms with E-state index >= 15 is 0 Å². The van der Waals surface area contributed by atoms with Gasteiger partial charge in [0.25, 0.3) is 5.91 Å². The molecule has 1 amide bonds. The Morgan fingerprint density at radius 3 is 2.22 bits per heavy atom. The Hall–Kier alpha value is -2.01. The van der Waals surface area contributed by atoms with Crippen molar-refractivity contribution in [2.24, 2.45) is 0 Å². The highest BCUT2D eigenvalue weighted by molar-refractivity contribution is 9.10. The fourth-order valence-electron chi connectivity index (χ4n) is 2.07. The molecule has 2 rings (SSSR count). The van der Waals surface area contributed by atoms with Crippen molar-refractivity contribution in [1.29, 1.82) is 0 Å². The van der Waals surface area contributed by atoms with Crippen molar-refractivity contribution in [3.8, 4) is 11.5 Å². The van der Waals surface area contributed by atoms with Crippen LogP contribution in [0.4, 0.5) is 0 Å². The van der Waals surface area contributed by atoms with E-state index in [0.29, 0.717) is 12.4 Å². The van der Waals surface area contributed by atoms with Crippen molar-refractivity contribution < 1.29 is 14.3 Å². The lowest BCUT2D eigenvalue weighted by molar-refractivity contribution is -0.123. The van der Waals surface area contributed by atoms with Gasteiger partial charge in [-0.15, -0.1) is 0 Å². The van der Waals surface area contributed by atoms with Gasteiger partial charge in [0.15, 0.2) is 6.61 Å². The third kappa shape index (κ3) is 5.60. The minimum atomic E-state index is -0.158. The molecule has 23 heavy (non-hydrogen) atoms. The van der Waals surface area contributed by atoms with Gasteiger partial charge in [-0.2, -0.15) is 0 Å². The van der Waals surface area contributed by atoms with E-state index in [4.69, 9.17) is 9.47 Å². The van der Waals surface area contributed by atoms with Gasteiger partial charge in [0.1, 0.15) is 11.5 Å². The summed E-state index contributed by atoms with van der Waals surface area (Å²) in [6.45, 7) is 4.51. The van der Waals surface area contributed by atoms with E-state index in [1.165, 1.54) is 0 Å². The second-order valence-electron chi connectivity index (χ2n) is 5.03. The van der Waals surface area contributed by atoms with Crippen molar-refractivity contribution in [3.05, 3.63) is 58.6 Å². The number of benzene rings is 2. The lowest BCUT2D eigenvalue weighted by atomic mass is 10.1. The fourth-order valence-corrected chi connectivity index (χ4v) is 2.33. The maximum absolute atomic E-state index is 12.0. The number of halogens is 1. The molecule has 1 N–H and O–H groups in total. The number of nitrogens with one attached hydrogen (secondary N) is 1. The summed E-state index contributed by atoms with van der Waals surface area (Å²) < 4.78 is 11.8. The number of carbonyl (C=O) groups is 1. The first-order valence-corrected chi connectivity index (χ1v) is 8.28. The Balaban J connectivity index is 1.82. The molecule has 0 unspecified atom stereocenters. The zero-order valence-electron chi connectivity index (χ0n) is 13.2. The van der Waals surface area contributed by atoms with Gasteiger partial charge in [0.2, 0.25) is 0 Å². The van der Waals surface area contributed by atoms with Crippen LogP contribution in [-0.2, 0) is 4.79 Å². The van der Waals surface area contributed by atoms with E-state index in [1.54, 1.807) is 0 Å². The van der Waals surface area contributed by atoms with Gasteiger partial charge in [0.05, 0.1) is 12.6 Å². The van der Waals surface area contributed by atoms with Crippen LogP contribution in [-0.4, -0.2) is 19.1 Å². The van der Waals surface area contributed by atoms with Crippen LogP contribution in [0.2, 0.25) is 0 Å². The van der Waals surface area contributed by atoms with Gasteiger partial charge in [-0.05, 0) is 55.8 Å². The van der Waals surface area contributed by atoms with Crippen LogP contribution < -0.4 is 14.8 Å². The normalized spacial score (nSPS) is 11.6. The summed E-state index contributed by atoms with van der Waals surface area (Å²) in [5.74, 6) is 1.33. The number of ether oxygens (including phenoxy) is 2. The topological polar surface area (TPSA) is 47.6 Å². The highest BCUT2D eigenvalue weighted by Gasteiger charge is 2.10. The van der Waals surface area contributed by atoms with Gasteiger partial charge < -0.3 is 14.8 Å². The van der Waals surface area contributed by atoms with Crippen LogP contribution in [0.5, 0.6) is 11.5 Å². The second kappa shape index (κ2) is 8.58. The SMILES string of the molecule is CCOc1ccc([C@H](C)NC(=O)COc2ccc(Br)cc2)cc1. The van der Waals surface area contributed by atoms with E-state index in [9.17, 15) is 4.79 Å². The Bertz CT molecular complexity index is 626. The van der Waals surface area contributed by atoms with Gasteiger partial charge in [-0.3, -0.25) is 4.79 Å². The highest BCUT2D eigenvalue weighted by Crippen LogP contribution is 2.18. The lowest BCUT2D eigenvalue weighted by Gasteiger charge is -2.15. The molecule has 2 aromatic rings. The third-order valence-electron chi connectivity index (χ3n) is 3.25. The third-order valence-corrected chi connectivity index (χ3v) is 3.78. The summed E-state index contributed by atoms with van der Waals surface area (Å²) in [5.41, 5.74) is 1.02. The molecule has 0 bridgehead atoms. The molecule has 0 aliphatic heterocycles. The zero-order valence-corrected chi connectivity index (χ0v) is 14.8. The largest absolute Gasteiger partial charge is 0.494 e. The summed E-state index contributed by atoms with van der Waals surface area (Å²) in [6, 6.07) is 15.0. The van der Waals surface area contributed by atoms with E-state index in [-0.39, 0.29) is 18.6 Å². The maximum atomic E-state index is 12.0. The second-order valence-corrected chi connectivity index (χ2v) is 5.95. The van der Waals surface area contributed by atoms with E-state index < -0.39 is 0 Å². The van der Waals surface area contributed by atoms with Gasteiger partial charge in [-0.25, -0.2) is 0 Å². The van der Waals surface area contributed by atoms with Crippen molar-refractivity contribution in [2.75, 3.05) is 13.2 Å². The number of carbonyl (C=O) groups excluding carboxylic acids is 1. The van der Waals surface area contributed by atoms with Gasteiger partial charge >= 0.3 is 0 Å². The monoisotopic (exact) mass is 377 g/mol. The minimum Gasteiger partial charge on any atom is -0.494 e. The van der Waals surface area contributed by atoms with E-state index in [0.717, 1.165) is 15.8 Å². The Kier molecular flexibility index (Phi) is 6.47. The Labute approximate surface area is 144 Å². The van der Waals surface area contributed by atoms with Crippen LogP contribution in [0, 0.1) is 0 Å². The average molecular weight is 378 g/mol. The maximum Gasteiger partial charge on any atom is 0.258 e. The number of rotatable bonds is 7. The first-order chi connectivity index (χ1) is 11.1. The average Bonchev–Trinajstić information content (AvgIpc) is 2.55. The van der Waals surface area contributed by atoms with Crippen molar-refractivity contribution in [2.45, 2.75) is 19.9 Å². The number of amides is 1. The summed E-state index contributed by atoms with van der Waals surface area (Å²) >= 11 is 3.36. The van der Waals surface area contributed by atoms with Crippen molar-refractivity contribution in [1.82, 2.24) is 5.32 Å². The molecule has 2 aromatic carbocycles. The molecular formula is C18H20BrNO3. The minimum absolute atomic E-state index is 0.0109. The molecule has 1 atom stereocenters. The molecule has 5 heteroatoms. The summed E-state index contributed by atoms with van der Waals surface area (Å²) in [5, 5.41) is 2.92. The molecule has 0 saturated carbocycles. The van der Waals surface area contributed by atoms with Crippen molar-refractivity contribution >= 4 is 21.8 Å². The zero-order chi connectivity index (χ0) is 16.7. The van der Waals surface area contributed by atoms with Crippen LogP contribution >= 0.6 is 15.9 Å². The lowest BCUT2D eigenvalue weighted by Crippen LogP contribution is -2.31. The van der Waals surface area contributed by atoms with E-state index in [2.05, 4.69) is 21.2 Å². The molecule has 122 valence electrons. The highest BCUT2D eigenvalue weighted by atomic mass is 79.9. The molecule has 0 heterocycles. The molecule has 0 aliphatic carbocycles. The van der Waals surface area contributed by atoms with Gasteiger partial charge in [0, 0.05) is 4.47 Å². The molecule has 0 aromatic heterocycles. The van der Waals surface area contributed by atoms with Crippen LogP contribution in [0.1, 0.15) is 25.5 Å². The number of hydrogen-bond acceptors (Lipinski definition) is 3. The smallest absolute Gasteiger partial charge is 0.258 e. The van der Waals surface area contributed by atoms with Crippen molar-refractivity contribution in [3.63, 3.8) is 0 Å². The quantitative estimate of drug-likeness (QED) is 0.789. The molecule has 0 radical (unpaired) electrons. The predicted octanol–water partition coefficient (Wildman–Crippen LogP) is 4.10. The summed E-state index contributed by atoms with van der Waals surface area (Å²) in [4.78, 5) is 12.0. The summed E-state index contributed by atoms with van der Waals surface area (Å²) in [7, 11) is 0. The number of hydrogen-bond donors (Lipinski definition) is 1. The summed E-state index contributed by atoms with van der Waals surface area (Å²) in [6.07, 6.45) is 0. The van der Waals surface area contributed by atoms with Crippen LogP contribution in [0.3, 0.4) is 0 Å².